The quantitative estimate of drug-likeness (QED) is 0.194. The van der Waals surface area contributed by atoms with E-state index in [-0.39, 0.29) is 40.1 Å². The predicted molar refractivity (Wildman–Crippen MR) is 151 cm³/mol. The number of aromatic hydroxyl groups is 2. The van der Waals surface area contributed by atoms with Gasteiger partial charge < -0.3 is 39.8 Å². The van der Waals surface area contributed by atoms with Crippen LogP contribution in [0.1, 0.15) is 75.8 Å². The maximum atomic E-state index is 12.9. The minimum Gasteiger partial charge on any atom is -0.507 e. The smallest absolute Gasteiger partial charge is 0.407 e. The highest BCUT2D eigenvalue weighted by molar-refractivity contribution is 6.30. The third-order valence-corrected chi connectivity index (χ3v) is 5.99. The van der Waals surface area contributed by atoms with Gasteiger partial charge in [0.2, 0.25) is 5.78 Å². The number of amides is 2. The number of carbonyl (C=O) groups is 4. The van der Waals surface area contributed by atoms with Gasteiger partial charge in [-0.3, -0.25) is 14.4 Å². The number of nitrogens with one attached hydrogen (secondary N) is 2. The predicted octanol–water partition coefficient (Wildman–Crippen LogP) is 2.96. The lowest BCUT2D eigenvalue weighted by atomic mass is 9.82. The molecule has 0 heterocycles. The molecule has 4 N–H and O–H groups in total. The Morgan fingerprint density at radius 3 is 1.93 bits per heavy atom. The van der Waals surface area contributed by atoms with E-state index in [4.69, 9.17) is 18.9 Å². The molecule has 0 spiro atoms. The molecule has 1 aliphatic carbocycles. The first-order valence-corrected chi connectivity index (χ1v) is 13.8. The van der Waals surface area contributed by atoms with E-state index in [0.717, 1.165) is 6.07 Å². The third kappa shape index (κ3) is 9.26. The summed E-state index contributed by atoms with van der Waals surface area (Å²) in [5.74, 6) is -2.61. The number of fused-ring (bicyclic) bond motifs is 2. The monoisotopic (exact) mass is 586 g/mol. The molecule has 0 bridgehead atoms. The van der Waals surface area contributed by atoms with Gasteiger partial charge in [-0.1, -0.05) is 12.1 Å². The second-order valence-corrected chi connectivity index (χ2v) is 10.5. The Morgan fingerprint density at radius 1 is 0.738 bits per heavy atom. The molecule has 42 heavy (non-hydrogen) atoms. The average molecular weight is 587 g/mol. The molecule has 2 aromatic carbocycles. The van der Waals surface area contributed by atoms with Gasteiger partial charge >= 0.3 is 6.09 Å². The zero-order valence-electron chi connectivity index (χ0n) is 24.1. The first-order valence-electron chi connectivity index (χ1n) is 13.8. The van der Waals surface area contributed by atoms with Crippen molar-refractivity contribution >= 4 is 23.6 Å². The van der Waals surface area contributed by atoms with E-state index in [0.29, 0.717) is 59.0 Å². The Hall–Kier alpha value is -4.00. The molecule has 12 nitrogen and oxygen atoms in total. The van der Waals surface area contributed by atoms with E-state index in [1.165, 1.54) is 24.3 Å². The van der Waals surface area contributed by atoms with Crippen LogP contribution in [0.4, 0.5) is 4.79 Å². The molecule has 0 atom stereocenters. The molecule has 0 fully saturated rings. The van der Waals surface area contributed by atoms with E-state index in [2.05, 4.69) is 10.6 Å². The first kappa shape index (κ1) is 32.5. The Labute approximate surface area is 244 Å². The number of ether oxygens (including phenoxy) is 4. The number of alkyl carbamates (subject to hydrolysis) is 1. The van der Waals surface area contributed by atoms with Crippen molar-refractivity contribution in [3.05, 3.63) is 58.1 Å². The van der Waals surface area contributed by atoms with Gasteiger partial charge in [-0.05, 0) is 51.8 Å². The van der Waals surface area contributed by atoms with Gasteiger partial charge in [0, 0.05) is 43.0 Å². The van der Waals surface area contributed by atoms with Crippen molar-refractivity contribution < 1.29 is 48.3 Å². The fourth-order valence-corrected chi connectivity index (χ4v) is 4.11. The highest BCUT2D eigenvalue weighted by atomic mass is 16.6. The second-order valence-electron chi connectivity index (χ2n) is 10.5. The van der Waals surface area contributed by atoms with Crippen molar-refractivity contribution in [3.63, 3.8) is 0 Å². The van der Waals surface area contributed by atoms with Crippen LogP contribution in [-0.4, -0.2) is 92.1 Å². The lowest BCUT2D eigenvalue weighted by molar-refractivity contribution is 0.0136. The van der Waals surface area contributed by atoms with Gasteiger partial charge in [-0.25, -0.2) is 4.79 Å². The minimum atomic E-state index is -0.680. The van der Waals surface area contributed by atoms with Gasteiger partial charge in [0.05, 0.1) is 37.6 Å². The Morgan fingerprint density at radius 2 is 1.31 bits per heavy atom. The van der Waals surface area contributed by atoms with E-state index >= 15 is 0 Å². The SMILES string of the molecule is CC(C)(C)OC(=O)NCCCOCCOCCOCCCNC(=O)c1cc(O)c2c(c1)C(=O)c1cccc(O)c1C2=O. The lowest BCUT2D eigenvalue weighted by Gasteiger charge is -2.20. The maximum Gasteiger partial charge on any atom is 0.407 e. The van der Waals surface area contributed by atoms with Crippen molar-refractivity contribution in [2.75, 3.05) is 52.7 Å². The van der Waals surface area contributed by atoms with Crippen LogP contribution in [0.2, 0.25) is 0 Å². The maximum absolute atomic E-state index is 12.9. The van der Waals surface area contributed by atoms with Gasteiger partial charge in [0.15, 0.2) is 5.78 Å². The fourth-order valence-electron chi connectivity index (χ4n) is 4.11. The fraction of sp³-hybridized carbons (Fsp3) is 0.467. The van der Waals surface area contributed by atoms with Gasteiger partial charge in [-0.15, -0.1) is 0 Å². The van der Waals surface area contributed by atoms with Crippen LogP contribution in [0, 0.1) is 0 Å². The van der Waals surface area contributed by atoms with Crippen LogP contribution >= 0.6 is 0 Å². The summed E-state index contributed by atoms with van der Waals surface area (Å²) in [7, 11) is 0. The van der Waals surface area contributed by atoms with Crippen LogP contribution in [0.3, 0.4) is 0 Å². The van der Waals surface area contributed by atoms with E-state index in [1.807, 2.05) is 0 Å². The van der Waals surface area contributed by atoms with Gasteiger partial charge in [-0.2, -0.15) is 0 Å². The summed E-state index contributed by atoms with van der Waals surface area (Å²) >= 11 is 0. The molecule has 0 unspecified atom stereocenters. The number of ketones is 2. The summed E-state index contributed by atoms with van der Waals surface area (Å²) in [5, 5.41) is 25.8. The summed E-state index contributed by atoms with van der Waals surface area (Å²) in [4.78, 5) is 49.9. The van der Waals surface area contributed by atoms with Crippen LogP contribution in [0.15, 0.2) is 30.3 Å². The number of phenolic OH excluding ortho intramolecular Hbond substituents is 2. The highest BCUT2D eigenvalue weighted by Crippen LogP contribution is 2.37. The summed E-state index contributed by atoms with van der Waals surface area (Å²) in [5.41, 5.74) is -0.966. The van der Waals surface area contributed by atoms with Gasteiger partial charge in [0.1, 0.15) is 17.1 Å². The van der Waals surface area contributed by atoms with Crippen LogP contribution in [0.25, 0.3) is 0 Å². The van der Waals surface area contributed by atoms with Crippen LogP contribution < -0.4 is 10.6 Å². The van der Waals surface area contributed by atoms with Crippen molar-refractivity contribution in [1.29, 1.82) is 0 Å². The van der Waals surface area contributed by atoms with Crippen molar-refractivity contribution in [1.82, 2.24) is 10.6 Å². The zero-order valence-corrected chi connectivity index (χ0v) is 24.1. The summed E-state index contributed by atoms with van der Waals surface area (Å²) in [6, 6.07) is 6.55. The molecule has 1 aliphatic rings. The van der Waals surface area contributed by atoms with Gasteiger partial charge in [0.25, 0.3) is 5.91 Å². The molecule has 0 saturated heterocycles. The summed E-state index contributed by atoms with van der Waals surface area (Å²) in [6.07, 6.45) is 0.728. The molecule has 228 valence electrons. The summed E-state index contributed by atoms with van der Waals surface area (Å²) in [6.45, 7) is 8.62. The molecule has 0 aliphatic heterocycles. The Kier molecular flexibility index (Phi) is 11.8. The molecule has 3 rings (SSSR count). The number of hydrogen-bond acceptors (Lipinski definition) is 10. The molecule has 12 heteroatoms. The summed E-state index contributed by atoms with van der Waals surface area (Å²) < 4.78 is 21.5. The average Bonchev–Trinajstić information content (AvgIpc) is 2.92. The molecule has 2 amide bonds. The number of hydrogen-bond donors (Lipinski definition) is 4. The molecule has 2 aromatic rings. The van der Waals surface area contributed by atoms with Crippen molar-refractivity contribution in [3.8, 4) is 11.5 Å². The topological polar surface area (TPSA) is 170 Å². The van der Waals surface area contributed by atoms with E-state index < -0.39 is 34.9 Å². The largest absolute Gasteiger partial charge is 0.507 e. The molecule has 0 saturated carbocycles. The lowest BCUT2D eigenvalue weighted by Crippen LogP contribution is -2.33. The van der Waals surface area contributed by atoms with Crippen molar-refractivity contribution in [2.45, 2.75) is 39.2 Å². The number of benzene rings is 2. The molecular weight excluding hydrogens is 548 g/mol. The van der Waals surface area contributed by atoms with E-state index in [1.54, 1.807) is 20.8 Å². The molecule has 0 aromatic heterocycles. The van der Waals surface area contributed by atoms with E-state index in [9.17, 15) is 29.4 Å². The first-order chi connectivity index (χ1) is 20.0. The number of carbonyl (C=O) groups excluding carboxylic acids is 4. The standard InChI is InChI=1S/C30H38N2O10/c1-30(2,3)42-29(38)32-10-6-12-40-14-16-41-15-13-39-11-5-9-31-28(37)19-17-21-25(23(34)18-19)27(36)24-20(26(21)35)7-4-8-22(24)33/h4,7-8,17-18,33-34H,5-6,9-16H2,1-3H3,(H,31,37)(H,32,38). The van der Waals surface area contributed by atoms with Crippen molar-refractivity contribution in [2.24, 2.45) is 0 Å². The van der Waals surface area contributed by atoms with Crippen LogP contribution in [0.5, 0.6) is 11.5 Å². The Balaban J connectivity index is 1.25. The number of rotatable bonds is 15. The highest BCUT2D eigenvalue weighted by Gasteiger charge is 2.35. The second kappa shape index (κ2) is 15.3. The van der Waals surface area contributed by atoms with Crippen LogP contribution in [-0.2, 0) is 18.9 Å². The third-order valence-electron chi connectivity index (χ3n) is 5.99. The number of phenols is 2. The molecular formula is C30H38N2O10. The normalized spacial score (nSPS) is 12.5. The molecule has 0 radical (unpaired) electrons. The minimum absolute atomic E-state index is 0.0165. The Bertz CT molecular complexity index is 1290. The zero-order chi connectivity index (χ0) is 30.7.